The van der Waals surface area contributed by atoms with Gasteiger partial charge in [-0.15, -0.1) is 0 Å². The van der Waals surface area contributed by atoms with E-state index in [9.17, 15) is 0 Å². The van der Waals surface area contributed by atoms with E-state index >= 15 is 0 Å². The Balaban J connectivity index is 2.32. The Morgan fingerprint density at radius 1 is 1.29 bits per heavy atom. The first kappa shape index (κ1) is 16.9. The Morgan fingerprint density at radius 3 is 2.62 bits per heavy atom. The molecule has 2 rings (SSSR count). The quantitative estimate of drug-likeness (QED) is 0.662. The lowest BCUT2D eigenvalue weighted by molar-refractivity contribution is 0.358. The van der Waals surface area contributed by atoms with Crippen LogP contribution in [0.2, 0.25) is 0 Å². The summed E-state index contributed by atoms with van der Waals surface area (Å²) in [6.45, 7) is 9.09. The Bertz CT molecular complexity index is 455. The maximum atomic E-state index is 5.00. The first-order valence-corrected chi connectivity index (χ1v) is 9.49. The monoisotopic (exact) mass is 355 g/mol. The Hall–Kier alpha value is -0.510. The van der Waals surface area contributed by atoms with Crippen LogP contribution >= 0.6 is 15.9 Å². The van der Waals surface area contributed by atoms with Crippen LogP contribution in [0.4, 0.5) is 5.82 Å². The van der Waals surface area contributed by atoms with E-state index in [1.54, 1.807) is 0 Å². The number of fused-ring (bicyclic) bond motifs is 1. The molecule has 0 amide bonds. The molecule has 0 spiro atoms. The standard InChI is InChI=1S/C17H30BrN3/c1-5-9-10-12(6-2)16-15(18)17-19-13(7-3)11-14(8-4)21(17)20-16/h12-14,19H,5-11H2,1-4H3. The molecule has 1 aromatic heterocycles. The number of unbranched alkanes of at least 4 members (excludes halogenated alkanes) is 1. The molecule has 0 radical (unpaired) electrons. The van der Waals surface area contributed by atoms with Crippen molar-refractivity contribution in [1.82, 2.24) is 9.78 Å². The van der Waals surface area contributed by atoms with Crippen LogP contribution in [0.25, 0.3) is 0 Å². The summed E-state index contributed by atoms with van der Waals surface area (Å²) in [5.41, 5.74) is 1.27. The van der Waals surface area contributed by atoms with E-state index in [1.165, 1.54) is 54.5 Å². The van der Waals surface area contributed by atoms with Crippen LogP contribution in [0.15, 0.2) is 4.47 Å². The SMILES string of the molecule is CCCCC(CC)c1nn2c(c1Br)NC(CC)CC2CC. The lowest BCUT2D eigenvalue weighted by atomic mass is 9.96. The molecule has 2 heterocycles. The summed E-state index contributed by atoms with van der Waals surface area (Å²) in [5, 5.41) is 8.69. The summed E-state index contributed by atoms with van der Waals surface area (Å²) in [6, 6.07) is 1.12. The van der Waals surface area contributed by atoms with Crippen molar-refractivity contribution in [2.45, 2.75) is 90.6 Å². The molecule has 3 unspecified atom stereocenters. The molecular formula is C17H30BrN3. The highest BCUT2D eigenvalue weighted by atomic mass is 79.9. The number of anilines is 1. The van der Waals surface area contributed by atoms with Crippen molar-refractivity contribution in [3.63, 3.8) is 0 Å². The fraction of sp³-hybridized carbons (Fsp3) is 0.824. The minimum Gasteiger partial charge on any atom is -0.367 e. The summed E-state index contributed by atoms with van der Waals surface area (Å²) in [7, 11) is 0. The van der Waals surface area contributed by atoms with Crippen molar-refractivity contribution in [2.24, 2.45) is 0 Å². The van der Waals surface area contributed by atoms with E-state index < -0.39 is 0 Å². The molecule has 1 aliphatic heterocycles. The third-order valence-electron chi connectivity index (χ3n) is 4.87. The average Bonchev–Trinajstić information content (AvgIpc) is 2.84. The highest BCUT2D eigenvalue weighted by molar-refractivity contribution is 9.10. The van der Waals surface area contributed by atoms with Crippen LogP contribution in [-0.4, -0.2) is 15.8 Å². The summed E-state index contributed by atoms with van der Waals surface area (Å²) >= 11 is 3.84. The average molecular weight is 356 g/mol. The van der Waals surface area contributed by atoms with Gasteiger partial charge in [-0.2, -0.15) is 5.10 Å². The lowest BCUT2D eigenvalue weighted by Crippen LogP contribution is -2.31. The second kappa shape index (κ2) is 7.66. The van der Waals surface area contributed by atoms with Crippen molar-refractivity contribution in [3.05, 3.63) is 10.2 Å². The highest BCUT2D eigenvalue weighted by Gasteiger charge is 2.30. The van der Waals surface area contributed by atoms with Crippen LogP contribution in [0, 0.1) is 0 Å². The predicted molar refractivity (Wildman–Crippen MR) is 94.1 cm³/mol. The third-order valence-corrected chi connectivity index (χ3v) is 5.65. The van der Waals surface area contributed by atoms with Gasteiger partial charge >= 0.3 is 0 Å². The van der Waals surface area contributed by atoms with Gasteiger partial charge in [-0.1, -0.05) is 40.5 Å². The molecule has 21 heavy (non-hydrogen) atoms. The Morgan fingerprint density at radius 2 is 2.05 bits per heavy atom. The second-order valence-electron chi connectivity index (χ2n) is 6.29. The van der Waals surface area contributed by atoms with E-state index in [-0.39, 0.29) is 0 Å². The largest absolute Gasteiger partial charge is 0.367 e. The summed E-state index contributed by atoms with van der Waals surface area (Å²) in [4.78, 5) is 0. The van der Waals surface area contributed by atoms with Gasteiger partial charge in [-0.25, -0.2) is 4.68 Å². The fourth-order valence-electron chi connectivity index (χ4n) is 3.36. The van der Waals surface area contributed by atoms with Crippen molar-refractivity contribution in [2.75, 3.05) is 5.32 Å². The molecule has 0 bridgehead atoms. The zero-order valence-corrected chi connectivity index (χ0v) is 15.5. The maximum absolute atomic E-state index is 5.00. The number of nitrogens with one attached hydrogen (secondary N) is 1. The van der Waals surface area contributed by atoms with E-state index in [1.807, 2.05) is 0 Å². The zero-order chi connectivity index (χ0) is 15.4. The fourth-order valence-corrected chi connectivity index (χ4v) is 4.06. The molecule has 0 saturated carbocycles. The van der Waals surface area contributed by atoms with Gasteiger partial charge in [-0.3, -0.25) is 0 Å². The van der Waals surface area contributed by atoms with Crippen molar-refractivity contribution < 1.29 is 0 Å². The van der Waals surface area contributed by atoms with E-state index in [2.05, 4.69) is 53.6 Å². The van der Waals surface area contributed by atoms with Crippen LogP contribution in [0.3, 0.4) is 0 Å². The molecule has 3 nitrogen and oxygen atoms in total. The number of hydrogen-bond acceptors (Lipinski definition) is 2. The van der Waals surface area contributed by atoms with Crippen molar-refractivity contribution in [1.29, 1.82) is 0 Å². The summed E-state index contributed by atoms with van der Waals surface area (Å²) < 4.78 is 3.46. The molecule has 0 saturated heterocycles. The van der Waals surface area contributed by atoms with Gasteiger partial charge in [0.05, 0.1) is 16.2 Å². The van der Waals surface area contributed by atoms with Crippen LogP contribution < -0.4 is 5.32 Å². The van der Waals surface area contributed by atoms with E-state index in [0.29, 0.717) is 18.0 Å². The first-order valence-electron chi connectivity index (χ1n) is 8.70. The van der Waals surface area contributed by atoms with Crippen molar-refractivity contribution >= 4 is 21.7 Å². The molecule has 1 aromatic rings. The van der Waals surface area contributed by atoms with Gasteiger partial charge in [-0.05, 0) is 48.0 Å². The topological polar surface area (TPSA) is 29.9 Å². The zero-order valence-electron chi connectivity index (χ0n) is 14.0. The lowest BCUT2D eigenvalue weighted by Gasteiger charge is -2.31. The highest BCUT2D eigenvalue weighted by Crippen LogP contribution is 2.41. The molecule has 0 fully saturated rings. The summed E-state index contributed by atoms with van der Waals surface area (Å²) in [6.07, 6.45) is 8.49. The molecule has 1 N–H and O–H groups in total. The number of aromatic nitrogens is 2. The van der Waals surface area contributed by atoms with Crippen molar-refractivity contribution in [3.8, 4) is 0 Å². The molecule has 0 aromatic carbocycles. The summed E-state index contributed by atoms with van der Waals surface area (Å²) in [5.74, 6) is 1.79. The second-order valence-corrected chi connectivity index (χ2v) is 7.08. The van der Waals surface area contributed by atoms with Gasteiger partial charge in [0.2, 0.25) is 0 Å². The molecule has 1 aliphatic rings. The van der Waals surface area contributed by atoms with Gasteiger partial charge in [0, 0.05) is 12.0 Å². The number of halogens is 1. The molecule has 4 heteroatoms. The van der Waals surface area contributed by atoms with Gasteiger partial charge in [0.15, 0.2) is 0 Å². The first-order chi connectivity index (χ1) is 10.2. The van der Waals surface area contributed by atoms with Gasteiger partial charge < -0.3 is 5.32 Å². The number of rotatable bonds is 7. The third kappa shape index (κ3) is 3.46. The van der Waals surface area contributed by atoms with Gasteiger partial charge in [0.1, 0.15) is 5.82 Å². The Kier molecular flexibility index (Phi) is 6.15. The minimum atomic E-state index is 0.542. The molecular weight excluding hydrogens is 326 g/mol. The maximum Gasteiger partial charge on any atom is 0.139 e. The molecule has 120 valence electrons. The normalized spacial score (nSPS) is 22.7. The smallest absolute Gasteiger partial charge is 0.139 e. The van der Waals surface area contributed by atoms with E-state index in [4.69, 9.17) is 5.10 Å². The number of nitrogens with zero attached hydrogens (tertiary/aromatic N) is 2. The van der Waals surface area contributed by atoms with E-state index in [0.717, 1.165) is 6.42 Å². The van der Waals surface area contributed by atoms with Crippen LogP contribution in [-0.2, 0) is 0 Å². The van der Waals surface area contributed by atoms with Crippen LogP contribution in [0.5, 0.6) is 0 Å². The minimum absolute atomic E-state index is 0.542. The molecule has 0 aliphatic carbocycles. The molecule has 3 atom stereocenters. The van der Waals surface area contributed by atoms with Gasteiger partial charge in [0.25, 0.3) is 0 Å². The van der Waals surface area contributed by atoms with Crippen LogP contribution in [0.1, 0.15) is 90.3 Å². The Labute approximate surface area is 138 Å². The number of hydrogen-bond donors (Lipinski definition) is 1. The predicted octanol–water partition coefficient (Wildman–Crippen LogP) is 5.87.